The Labute approximate surface area is 113 Å². The second-order valence-electron chi connectivity index (χ2n) is 4.17. The first-order chi connectivity index (χ1) is 8.93. The number of H-pyrrole nitrogens is 1. The summed E-state index contributed by atoms with van der Waals surface area (Å²) in [4.78, 5) is 5.59. The topological polar surface area (TPSA) is 93.0 Å². The molecular formula is C10H11N5O2S2. The highest BCUT2D eigenvalue weighted by molar-refractivity contribution is 7.91. The fourth-order valence-corrected chi connectivity index (χ4v) is 4.69. The Morgan fingerprint density at radius 2 is 2.05 bits per heavy atom. The van der Waals surface area contributed by atoms with Crippen molar-refractivity contribution in [3.63, 3.8) is 0 Å². The van der Waals surface area contributed by atoms with Crippen LogP contribution in [0.3, 0.4) is 0 Å². The predicted octanol–water partition coefficient (Wildman–Crippen LogP) is 1.27. The average molecular weight is 297 g/mol. The zero-order chi connectivity index (χ0) is 13.8. The number of rotatable bonds is 2. The Morgan fingerprint density at radius 3 is 2.68 bits per heavy atom. The molecule has 3 rings (SSSR count). The average Bonchev–Trinajstić information content (AvgIpc) is 3.00. The van der Waals surface area contributed by atoms with Crippen molar-refractivity contribution in [3.05, 3.63) is 22.6 Å². The van der Waals surface area contributed by atoms with Gasteiger partial charge in [-0.05, 0) is 20.8 Å². The van der Waals surface area contributed by atoms with Crippen LogP contribution in [0.2, 0.25) is 0 Å². The van der Waals surface area contributed by atoms with E-state index in [0.29, 0.717) is 10.5 Å². The van der Waals surface area contributed by atoms with Crippen LogP contribution in [0.1, 0.15) is 16.3 Å². The van der Waals surface area contributed by atoms with E-state index in [4.69, 9.17) is 0 Å². The molecule has 7 nitrogen and oxygen atoms in total. The van der Waals surface area contributed by atoms with E-state index in [1.165, 1.54) is 17.7 Å². The van der Waals surface area contributed by atoms with Gasteiger partial charge in [-0.2, -0.15) is 10.2 Å². The number of sulfone groups is 1. The third-order valence-corrected chi connectivity index (χ3v) is 5.99. The van der Waals surface area contributed by atoms with Crippen LogP contribution in [0.4, 0.5) is 0 Å². The Bertz CT molecular complexity index is 858. The van der Waals surface area contributed by atoms with E-state index in [2.05, 4.69) is 20.3 Å². The van der Waals surface area contributed by atoms with Crippen molar-refractivity contribution >= 4 is 26.0 Å². The number of aromatic amines is 1. The maximum atomic E-state index is 12.5. The molecule has 0 saturated heterocycles. The largest absolute Gasteiger partial charge is 0.250 e. The van der Waals surface area contributed by atoms with Crippen LogP contribution >= 0.6 is 11.3 Å². The predicted molar refractivity (Wildman–Crippen MR) is 69.1 cm³/mol. The summed E-state index contributed by atoms with van der Waals surface area (Å²) >= 11 is 1.41. The third kappa shape index (κ3) is 1.61. The standard InChI is InChI=1S/C10H11N5O2S2/c1-5-8(19(16,17)10-11-4-12-13-10)9-15(14-5)6(2)7(3)18-9/h4H,1-3H3,(H,11,12,13). The third-order valence-electron chi connectivity index (χ3n) is 2.96. The molecule has 0 radical (unpaired) electrons. The summed E-state index contributed by atoms with van der Waals surface area (Å²) in [5.41, 5.74) is 1.41. The first-order valence-electron chi connectivity index (χ1n) is 5.48. The Hall–Kier alpha value is -1.74. The highest BCUT2D eigenvalue weighted by Crippen LogP contribution is 2.32. The van der Waals surface area contributed by atoms with Crippen molar-refractivity contribution in [1.29, 1.82) is 0 Å². The van der Waals surface area contributed by atoms with Crippen molar-refractivity contribution < 1.29 is 8.42 Å². The molecule has 100 valence electrons. The molecular weight excluding hydrogens is 286 g/mol. The maximum absolute atomic E-state index is 12.5. The van der Waals surface area contributed by atoms with Gasteiger partial charge >= 0.3 is 0 Å². The first-order valence-corrected chi connectivity index (χ1v) is 7.78. The molecule has 3 aromatic rings. The van der Waals surface area contributed by atoms with Gasteiger partial charge < -0.3 is 0 Å². The molecule has 0 fully saturated rings. The highest BCUT2D eigenvalue weighted by atomic mass is 32.2. The second kappa shape index (κ2) is 3.87. The van der Waals surface area contributed by atoms with E-state index >= 15 is 0 Å². The maximum Gasteiger partial charge on any atom is 0.248 e. The molecule has 19 heavy (non-hydrogen) atoms. The number of hydrogen-bond donors (Lipinski definition) is 1. The summed E-state index contributed by atoms with van der Waals surface area (Å²) in [5, 5.41) is 10.1. The lowest BCUT2D eigenvalue weighted by molar-refractivity contribution is 0.588. The van der Waals surface area contributed by atoms with Crippen molar-refractivity contribution in [2.75, 3.05) is 0 Å². The van der Waals surface area contributed by atoms with Crippen LogP contribution in [-0.4, -0.2) is 33.2 Å². The SMILES string of the molecule is Cc1nn2c(C)c(C)sc2c1S(=O)(=O)c1ncn[nH]1. The van der Waals surface area contributed by atoms with Crippen LogP contribution in [0.15, 0.2) is 16.4 Å². The van der Waals surface area contributed by atoms with Gasteiger partial charge in [-0.1, -0.05) is 0 Å². The van der Waals surface area contributed by atoms with Crippen LogP contribution in [0.25, 0.3) is 4.83 Å². The van der Waals surface area contributed by atoms with E-state index in [1.54, 1.807) is 11.4 Å². The minimum atomic E-state index is -3.72. The van der Waals surface area contributed by atoms with Crippen molar-refractivity contribution in [2.45, 2.75) is 30.8 Å². The van der Waals surface area contributed by atoms with Crippen molar-refractivity contribution in [1.82, 2.24) is 24.8 Å². The number of aryl methyl sites for hydroxylation is 3. The molecule has 0 atom stereocenters. The monoisotopic (exact) mass is 297 g/mol. The normalized spacial score (nSPS) is 12.4. The lowest BCUT2D eigenvalue weighted by Gasteiger charge is -1.97. The lowest BCUT2D eigenvalue weighted by atomic mass is 10.4. The summed E-state index contributed by atoms with van der Waals surface area (Å²) in [6.07, 6.45) is 1.17. The van der Waals surface area contributed by atoms with Crippen molar-refractivity contribution in [2.24, 2.45) is 0 Å². The van der Waals surface area contributed by atoms with Gasteiger partial charge in [0, 0.05) is 4.88 Å². The van der Waals surface area contributed by atoms with Gasteiger partial charge in [-0.25, -0.2) is 23.0 Å². The summed E-state index contributed by atoms with van der Waals surface area (Å²) in [5.74, 6) is 0. The molecule has 0 bridgehead atoms. The zero-order valence-electron chi connectivity index (χ0n) is 10.5. The van der Waals surface area contributed by atoms with E-state index in [-0.39, 0.29) is 10.1 Å². The molecule has 0 amide bonds. The van der Waals surface area contributed by atoms with Crippen LogP contribution in [0, 0.1) is 20.8 Å². The smallest absolute Gasteiger partial charge is 0.248 e. The van der Waals surface area contributed by atoms with Gasteiger partial charge in [0.05, 0.1) is 11.4 Å². The molecule has 0 aromatic carbocycles. The van der Waals surface area contributed by atoms with Crippen LogP contribution in [-0.2, 0) is 9.84 Å². The number of nitrogens with zero attached hydrogens (tertiary/aromatic N) is 4. The number of hydrogen-bond acceptors (Lipinski definition) is 6. The van der Waals surface area contributed by atoms with Crippen LogP contribution in [0.5, 0.6) is 0 Å². The van der Waals surface area contributed by atoms with Gasteiger partial charge in [0.25, 0.3) is 0 Å². The number of thiazole rings is 1. The van der Waals surface area contributed by atoms with E-state index in [0.717, 1.165) is 10.6 Å². The minimum Gasteiger partial charge on any atom is -0.250 e. The quantitative estimate of drug-likeness (QED) is 0.769. The fraction of sp³-hybridized carbons (Fsp3) is 0.300. The Morgan fingerprint density at radius 1 is 1.32 bits per heavy atom. The number of nitrogens with one attached hydrogen (secondary N) is 1. The van der Waals surface area contributed by atoms with Gasteiger partial charge in [-0.3, -0.25) is 0 Å². The molecule has 3 heterocycles. The van der Waals surface area contributed by atoms with Gasteiger partial charge in [0.2, 0.25) is 15.0 Å². The highest BCUT2D eigenvalue weighted by Gasteiger charge is 2.29. The zero-order valence-corrected chi connectivity index (χ0v) is 12.1. The van der Waals surface area contributed by atoms with Gasteiger partial charge in [0.1, 0.15) is 16.1 Å². The molecule has 0 aliphatic heterocycles. The molecule has 0 aliphatic rings. The van der Waals surface area contributed by atoms with Gasteiger partial charge in [-0.15, -0.1) is 11.3 Å². The van der Waals surface area contributed by atoms with Crippen molar-refractivity contribution in [3.8, 4) is 0 Å². The van der Waals surface area contributed by atoms with E-state index < -0.39 is 9.84 Å². The first kappa shape index (κ1) is 12.3. The molecule has 1 N–H and O–H groups in total. The molecule has 3 aromatic heterocycles. The molecule has 0 saturated carbocycles. The molecule has 0 unspecified atom stereocenters. The molecule has 9 heteroatoms. The lowest BCUT2D eigenvalue weighted by Crippen LogP contribution is -2.05. The summed E-state index contributed by atoms with van der Waals surface area (Å²) in [7, 11) is -3.72. The molecule has 0 spiro atoms. The number of fused-ring (bicyclic) bond motifs is 1. The van der Waals surface area contributed by atoms with E-state index in [1.807, 2.05) is 13.8 Å². The Balaban J connectivity index is 2.37. The Kier molecular flexibility index (Phi) is 2.51. The van der Waals surface area contributed by atoms with Gasteiger partial charge in [0.15, 0.2) is 0 Å². The second-order valence-corrected chi connectivity index (χ2v) is 7.17. The number of aromatic nitrogens is 5. The molecule has 0 aliphatic carbocycles. The summed E-state index contributed by atoms with van der Waals surface area (Å²) < 4.78 is 26.7. The fourth-order valence-electron chi connectivity index (χ4n) is 1.91. The summed E-state index contributed by atoms with van der Waals surface area (Å²) in [6.45, 7) is 5.53. The summed E-state index contributed by atoms with van der Waals surface area (Å²) in [6, 6.07) is 0. The minimum absolute atomic E-state index is 0.158. The van der Waals surface area contributed by atoms with Crippen LogP contribution < -0.4 is 0 Å². The van der Waals surface area contributed by atoms with E-state index in [9.17, 15) is 8.42 Å².